The molecule has 0 fully saturated rings. The van der Waals surface area contributed by atoms with Crippen LogP contribution < -0.4 is 10.6 Å². The first-order chi connectivity index (χ1) is 8.87. The van der Waals surface area contributed by atoms with Crippen LogP contribution in [0.15, 0.2) is 24.3 Å². The van der Waals surface area contributed by atoms with Crippen LogP contribution in [-0.2, 0) is 0 Å². The molecular formula is C13H17ClF2N2O. The number of carbonyl (C=O) groups excluding carboxylic acids is 1. The molecule has 1 aromatic rings. The lowest BCUT2D eigenvalue weighted by atomic mass is 10.1. The van der Waals surface area contributed by atoms with E-state index in [0.717, 1.165) is 6.92 Å². The lowest BCUT2D eigenvalue weighted by Gasteiger charge is -2.10. The molecule has 19 heavy (non-hydrogen) atoms. The lowest BCUT2D eigenvalue weighted by molar-refractivity contribution is 0.0106. The second kappa shape index (κ2) is 7.28. The van der Waals surface area contributed by atoms with Crippen molar-refractivity contribution in [2.75, 3.05) is 11.9 Å². The van der Waals surface area contributed by atoms with E-state index in [1.54, 1.807) is 24.3 Å². The minimum atomic E-state index is -2.63. The number of nitrogens with one attached hydrogen (secondary N) is 2. The molecule has 3 nitrogen and oxygen atoms in total. The summed E-state index contributed by atoms with van der Waals surface area (Å²) in [6.45, 7) is 1.27. The third-order valence-electron chi connectivity index (χ3n) is 2.43. The average Bonchev–Trinajstić information content (AvgIpc) is 2.30. The van der Waals surface area contributed by atoms with Crippen molar-refractivity contribution in [3.8, 4) is 0 Å². The molecule has 1 aromatic carbocycles. The highest BCUT2D eigenvalue weighted by Gasteiger charge is 2.19. The molecule has 0 bridgehead atoms. The van der Waals surface area contributed by atoms with E-state index in [-0.39, 0.29) is 12.5 Å². The van der Waals surface area contributed by atoms with Crippen LogP contribution in [0.25, 0.3) is 0 Å². The first-order valence-electron chi connectivity index (χ1n) is 6.05. The van der Waals surface area contributed by atoms with Crippen molar-refractivity contribution >= 4 is 23.3 Å². The van der Waals surface area contributed by atoms with Crippen molar-refractivity contribution < 1.29 is 13.6 Å². The Labute approximate surface area is 116 Å². The van der Waals surface area contributed by atoms with Gasteiger partial charge in [0.1, 0.15) is 0 Å². The molecule has 0 saturated carbocycles. The Bertz CT molecular complexity index is 404. The van der Waals surface area contributed by atoms with Gasteiger partial charge < -0.3 is 10.6 Å². The van der Waals surface area contributed by atoms with Gasteiger partial charge in [0.05, 0.1) is 0 Å². The quantitative estimate of drug-likeness (QED) is 0.754. The van der Waals surface area contributed by atoms with E-state index < -0.39 is 5.92 Å². The van der Waals surface area contributed by atoms with E-state index >= 15 is 0 Å². The van der Waals surface area contributed by atoms with Crippen LogP contribution in [0, 0.1) is 0 Å². The molecule has 0 aliphatic rings. The van der Waals surface area contributed by atoms with Crippen LogP contribution >= 0.6 is 11.6 Å². The summed E-state index contributed by atoms with van der Waals surface area (Å²) in [4.78, 5) is 11.5. The van der Waals surface area contributed by atoms with Gasteiger partial charge in [0.15, 0.2) is 0 Å². The standard InChI is InChI=1S/C13H17ClF2N2O/c1-13(15,16)8-2-3-9-17-12(19)18-11-6-4-10(14)5-7-11/h4-7H,2-3,8-9H2,1H3,(H2,17,18,19). The number of unbranched alkanes of at least 4 members (excludes halogenated alkanes) is 1. The molecule has 0 spiro atoms. The number of halogens is 3. The maximum Gasteiger partial charge on any atom is 0.319 e. The topological polar surface area (TPSA) is 41.1 Å². The van der Waals surface area contributed by atoms with Crippen molar-refractivity contribution in [1.82, 2.24) is 5.32 Å². The molecule has 1 rings (SSSR count). The molecule has 0 aliphatic heterocycles. The van der Waals surface area contributed by atoms with Gasteiger partial charge in [-0.25, -0.2) is 13.6 Å². The van der Waals surface area contributed by atoms with Gasteiger partial charge in [-0.3, -0.25) is 0 Å². The molecule has 0 aliphatic carbocycles. The summed E-state index contributed by atoms with van der Waals surface area (Å²) >= 11 is 5.71. The van der Waals surface area contributed by atoms with Gasteiger partial charge in [-0.05, 0) is 44.0 Å². The van der Waals surface area contributed by atoms with Gasteiger partial charge in [-0.15, -0.1) is 0 Å². The molecule has 0 atom stereocenters. The van der Waals surface area contributed by atoms with Crippen LogP contribution in [0.3, 0.4) is 0 Å². The Morgan fingerprint density at radius 1 is 1.26 bits per heavy atom. The summed E-state index contributed by atoms with van der Waals surface area (Å²) in [5.74, 6) is -2.63. The summed E-state index contributed by atoms with van der Waals surface area (Å²) in [5, 5.41) is 5.81. The third-order valence-corrected chi connectivity index (χ3v) is 2.68. The smallest absolute Gasteiger partial charge is 0.319 e. The van der Waals surface area contributed by atoms with E-state index in [1.165, 1.54) is 0 Å². The van der Waals surface area contributed by atoms with E-state index in [9.17, 15) is 13.6 Å². The number of benzene rings is 1. The lowest BCUT2D eigenvalue weighted by Crippen LogP contribution is -2.29. The highest BCUT2D eigenvalue weighted by atomic mass is 35.5. The number of hydrogen-bond donors (Lipinski definition) is 2. The second-order valence-corrected chi connectivity index (χ2v) is 4.85. The zero-order valence-corrected chi connectivity index (χ0v) is 11.4. The number of amides is 2. The van der Waals surface area contributed by atoms with E-state index in [2.05, 4.69) is 10.6 Å². The van der Waals surface area contributed by atoms with Gasteiger partial charge in [-0.1, -0.05) is 11.6 Å². The number of carbonyl (C=O) groups is 1. The summed E-state index contributed by atoms with van der Waals surface area (Å²) in [5.41, 5.74) is 0.627. The van der Waals surface area contributed by atoms with Crippen molar-refractivity contribution in [1.29, 1.82) is 0 Å². The summed E-state index contributed by atoms with van der Waals surface area (Å²) < 4.78 is 25.0. The van der Waals surface area contributed by atoms with Crippen molar-refractivity contribution in [2.45, 2.75) is 32.1 Å². The number of rotatable bonds is 6. The Kier molecular flexibility index (Phi) is 6.02. The van der Waals surface area contributed by atoms with Gasteiger partial charge in [0.2, 0.25) is 5.92 Å². The third kappa shape index (κ3) is 7.62. The highest BCUT2D eigenvalue weighted by molar-refractivity contribution is 6.30. The van der Waals surface area contributed by atoms with Gasteiger partial charge in [0, 0.05) is 23.7 Å². The van der Waals surface area contributed by atoms with Gasteiger partial charge in [0.25, 0.3) is 0 Å². The van der Waals surface area contributed by atoms with Gasteiger partial charge >= 0.3 is 6.03 Å². The predicted molar refractivity (Wildman–Crippen MR) is 72.9 cm³/mol. The van der Waals surface area contributed by atoms with Crippen molar-refractivity contribution in [2.24, 2.45) is 0 Å². The first-order valence-corrected chi connectivity index (χ1v) is 6.43. The zero-order chi connectivity index (χ0) is 14.3. The zero-order valence-electron chi connectivity index (χ0n) is 10.7. The molecule has 2 N–H and O–H groups in total. The fourth-order valence-corrected chi connectivity index (χ4v) is 1.60. The molecular weight excluding hydrogens is 274 g/mol. The molecule has 2 amide bonds. The highest BCUT2D eigenvalue weighted by Crippen LogP contribution is 2.19. The molecule has 0 radical (unpaired) electrons. The molecule has 0 unspecified atom stereocenters. The van der Waals surface area contributed by atoms with Crippen LogP contribution in [0.2, 0.25) is 5.02 Å². The SMILES string of the molecule is CC(F)(F)CCCCNC(=O)Nc1ccc(Cl)cc1. The number of anilines is 1. The average molecular weight is 291 g/mol. The van der Waals surface area contributed by atoms with Crippen LogP contribution in [-0.4, -0.2) is 18.5 Å². The number of hydrogen-bond acceptors (Lipinski definition) is 1. The van der Waals surface area contributed by atoms with Crippen molar-refractivity contribution in [3.05, 3.63) is 29.3 Å². The molecule has 6 heteroatoms. The van der Waals surface area contributed by atoms with Crippen LogP contribution in [0.5, 0.6) is 0 Å². The Morgan fingerprint density at radius 2 is 1.89 bits per heavy atom. The Hall–Kier alpha value is -1.36. The minimum Gasteiger partial charge on any atom is -0.338 e. The molecule has 106 valence electrons. The number of alkyl halides is 2. The van der Waals surface area contributed by atoms with Crippen LogP contribution in [0.1, 0.15) is 26.2 Å². The van der Waals surface area contributed by atoms with Crippen molar-refractivity contribution in [3.63, 3.8) is 0 Å². The van der Waals surface area contributed by atoms with E-state index in [0.29, 0.717) is 30.1 Å². The van der Waals surface area contributed by atoms with E-state index in [1.807, 2.05) is 0 Å². The van der Waals surface area contributed by atoms with Gasteiger partial charge in [-0.2, -0.15) is 0 Å². The minimum absolute atomic E-state index is 0.159. The predicted octanol–water partition coefficient (Wildman–Crippen LogP) is 4.29. The summed E-state index contributed by atoms with van der Waals surface area (Å²) in [6.07, 6.45) is 0.746. The normalized spacial score (nSPS) is 11.2. The molecule has 0 aromatic heterocycles. The fourth-order valence-electron chi connectivity index (χ4n) is 1.47. The Balaban J connectivity index is 2.16. The van der Waals surface area contributed by atoms with E-state index in [4.69, 9.17) is 11.6 Å². The second-order valence-electron chi connectivity index (χ2n) is 4.42. The Morgan fingerprint density at radius 3 is 2.47 bits per heavy atom. The number of urea groups is 1. The maximum atomic E-state index is 12.5. The summed E-state index contributed by atoms with van der Waals surface area (Å²) in [6, 6.07) is 6.34. The fraction of sp³-hybridized carbons (Fsp3) is 0.462. The molecule has 0 heterocycles. The van der Waals surface area contributed by atoms with Crippen LogP contribution in [0.4, 0.5) is 19.3 Å². The largest absolute Gasteiger partial charge is 0.338 e. The monoisotopic (exact) mass is 290 g/mol. The maximum absolute atomic E-state index is 12.5. The summed E-state index contributed by atoms with van der Waals surface area (Å²) in [7, 11) is 0. The first kappa shape index (κ1) is 15.7. The molecule has 0 saturated heterocycles.